The smallest absolute Gasteiger partial charge is 0.266 e. The summed E-state index contributed by atoms with van der Waals surface area (Å²) >= 11 is 12.8. The minimum Gasteiger partial charge on any atom is -0.490 e. The third-order valence-electron chi connectivity index (χ3n) is 4.42. The van der Waals surface area contributed by atoms with Gasteiger partial charge in [0.15, 0.2) is 11.5 Å². The normalized spacial score (nSPS) is 10.9. The minimum absolute atomic E-state index is 0.0482. The summed E-state index contributed by atoms with van der Waals surface area (Å²) in [6.45, 7) is 2.63. The number of carbonyl (C=O) groups is 1. The van der Waals surface area contributed by atoms with Crippen LogP contribution in [0.1, 0.15) is 18.1 Å². The number of amides is 1. The number of nitrogens with zero attached hydrogens (tertiary/aromatic N) is 1. The van der Waals surface area contributed by atoms with Crippen molar-refractivity contribution >= 4 is 61.1 Å². The van der Waals surface area contributed by atoms with E-state index >= 15 is 0 Å². The van der Waals surface area contributed by atoms with E-state index in [2.05, 4.69) is 37.2 Å². The van der Waals surface area contributed by atoms with Crippen molar-refractivity contribution in [1.29, 1.82) is 5.26 Å². The third-order valence-corrected chi connectivity index (χ3v) is 5.85. The Morgan fingerprint density at radius 1 is 1.09 bits per heavy atom. The van der Waals surface area contributed by atoms with Gasteiger partial charge in [-0.05, 0) is 66.6 Å². The van der Waals surface area contributed by atoms with Crippen molar-refractivity contribution in [3.8, 4) is 17.6 Å². The summed E-state index contributed by atoms with van der Waals surface area (Å²) < 4.78 is 13.2. The van der Waals surface area contributed by atoms with E-state index in [9.17, 15) is 10.1 Å². The molecule has 3 rings (SSSR count). The lowest BCUT2D eigenvalue weighted by molar-refractivity contribution is -0.112. The van der Waals surface area contributed by atoms with E-state index in [1.807, 2.05) is 31.2 Å². The molecule has 0 heterocycles. The summed E-state index contributed by atoms with van der Waals surface area (Å²) in [7, 11) is 0. The van der Waals surface area contributed by atoms with E-state index in [1.54, 1.807) is 42.5 Å². The quantitative estimate of drug-likeness (QED) is 0.219. The van der Waals surface area contributed by atoms with Gasteiger partial charge in [-0.1, -0.05) is 61.7 Å². The first-order chi connectivity index (χ1) is 15.9. The van der Waals surface area contributed by atoms with Crippen LogP contribution in [0.3, 0.4) is 0 Å². The zero-order chi connectivity index (χ0) is 23.8. The number of halogens is 3. The maximum atomic E-state index is 12.6. The summed E-state index contributed by atoms with van der Waals surface area (Å²) in [5, 5.41) is 13.0. The molecule has 0 unspecified atom stereocenters. The highest BCUT2D eigenvalue weighted by Crippen LogP contribution is 2.35. The molecule has 0 fully saturated rings. The third kappa shape index (κ3) is 7.10. The molecule has 0 aliphatic heterocycles. The molecule has 3 aromatic carbocycles. The minimum atomic E-state index is -0.511. The van der Waals surface area contributed by atoms with Crippen molar-refractivity contribution < 1.29 is 14.3 Å². The highest BCUT2D eigenvalue weighted by Gasteiger charge is 2.14. The standard InChI is InChI=1S/C25H19Br2ClN2O3/c1-2-32-23-11-17(10-18(14-29)25(31)30-21-5-3-4-19(26)12-21)22(27)13-24(23)33-15-16-6-8-20(28)9-7-16/h3-13H,2,15H2,1H3,(H,30,31)/b18-10-. The molecule has 0 aliphatic carbocycles. The first kappa shape index (κ1) is 24.8. The maximum Gasteiger partial charge on any atom is 0.266 e. The Balaban J connectivity index is 1.84. The molecule has 0 radical (unpaired) electrons. The molecule has 3 aromatic rings. The van der Waals surface area contributed by atoms with Crippen molar-refractivity contribution in [3.05, 3.63) is 91.3 Å². The van der Waals surface area contributed by atoms with Crippen LogP contribution in [0.2, 0.25) is 5.02 Å². The van der Waals surface area contributed by atoms with Gasteiger partial charge < -0.3 is 14.8 Å². The van der Waals surface area contributed by atoms with Crippen LogP contribution in [0, 0.1) is 11.3 Å². The van der Waals surface area contributed by atoms with Crippen molar-refractivity contribution in [2.45, 2.75) is 13.5 Å². The van der Waals surface area contributed by atoms with E-state index < -0.39 is 5.91 Å². The van der Waals surface area contributed by atoms with E-state index in [1.165, 1.54) is 6.08 Å². The summed E-state index contributed by atoms with van der Waals surface area (Å²) in [5.41, 5.74) is 2.10. The largest absolute Gasteiger partial charge is 0.490 e. The number of hydrogen-bond donors (Lipinski definition) is 1. The summed E-state index contributed by atoms with van der Waals surface area (Å²) in [6, 6.07) is 20.0. The second kappa shape index (κ2) is 11.9. The fourth-order valence-electron chi connectivity index (χ4n) is 2.85. The van der Waals surface area contributed by atoms with Crippen LogP contribution in [0.4, 0.5) is 5.69 Å². The van der Waals surface area contributed by atoms with Gasteiger partial charge in [0, 0.05) is 19.7 Å². The van der Waals surface area contributed by atoms with E-state index in [4.69, 9.17) is 21.1 Å². The number of benzene rings is 3. The Hall–Kier alpha value is -2.79. The number of rotatable bonds is 8. The van der Waals surface area contributed by atoms with Gasteiger partial charge in [0.25, 0.3) is 5.91 Å². The van der Waals surface area contributed by atoms with Gasteiger partial charge in [0.05, 0.1) is 6.61 Å². The number of nitriles is 1. The van der Waals surface area contributed by atoms with Gasteiger partial charge in [-0.25, -0.2) is 0 Å². The van der Waals surface area contributed by atoms with Crippen molar-refractivity contribution in [2.75, 3.05) is 11.9 Å². The lowest BCUT2D eigenvalue weighted by Crippen LogP contribution is -2.13. The zero-order valence-corrected chi connectivity index (χ0v) is 21.5. The fraction of sp³-hybridized carbons (Fsp3) is 0.120. The highest BCUT2D eigenvalue weighted by molar-refractivity contribution is 9.10. The molecule has 8 heteroatoms. The number of anilines is 1. The molecule has 0 spiro atoms. The Labute approximate surface area is 214 Å². The van der Waals surface area contributed by atoms with Crippen molar-refractivity contribution in [2.24, 2.45) is 0 Å². The molecule has 0 aromatic heterocycles. The lowest BCUT2D eigenvalue weighted by Gasteiger charge is -2.14. The second-order valence-corrected chi connectivity index (χ2v) is 9.01. The SMILES string of the molecule is CCOc1cc(/C=C(/C#N)C(=O)Nc2cccc(Br)c2)c(Br)cc1OCc1ccc(Cl)cc1. The van der Waals surface area contributed by atoms with Crippen LogP contribution < -0.4 is 14.8 Å². The molecule has 168 valence electrons. The predicted molar refractivity (Wildman–Crippen MR) is 137 cm³/mol. The van der Waals surface area contributed by atoms with Gasteiger partial charge in [0.2, 0.25) is 0 Å². The maximum absolute atomic E-state index is 12.6. The topological polar surface area (TPSA) is 71.3 Å². The highest BCUT2D eigenvalue weighted by atomic mass is 79.9. The van der Waals surface area contributed by atoms with Gasteiger partial charge in [0.1, 0.15) is 18.2 Å². The number of hydrogen-bond acceptors (Lipinski definition) is 4. The molecule has 5 nitrogen and oxygen atoms in total. The monoisotopic (exact) mass is 588 g/mol. The molecule has 0 saturated heterocycles. The number of carbonyl (C=O) groups excluding carboxylic acids is 1. The molecule has 33 heavy (non-hydrogen) atoms. The van der Waals surface area contributed by atoms with Crippen LogP contribution in [-0.4, -0.2) is 12.5 Å². The second-order valence-electron chi connectivity index (χ2n) is 6.80. The summed E-state index contributed by atoms with van der Waals surface area (Å²) in [6.07, 6.45) is 1.50. The Morgan fingerprint density at radius 2 is 1.82 bits per heavy atom. The Morgan fingerprint density at radius 3 is 2.48 bits per heavy atom. The first-order valence-corrected chi connectivity index (χ1v) is 11.9. The Kier molecular flexibility index (Phi) is 8.95. The van der Waals surface area contributed by atoms with Gasteiger partial charge in [-0.15, -0.1) is 0 Å². The molecule has 0 atom stereocenters. The number of ether oxygens (including phenoxy) is 2. The molecule has 1 amide bonds. The van der Waals surface area contributed by atoms with E-state index in [0.29, 0.717) is 45.5 Å². The zero-order valence-electron chi connectivity index (χ0n) is 17.6. The predicted octanol–water partition coefficient (Wildman–Crippen LogP) is 7.39. The van der Waals surface area contributed by atoms with Gasteiger partial charge in [-0.2, -0.15) is 5.26 Å². The van der Waals surface area contributed by atoms with Gasteiger partial charge in [-0.3, -0.25) is 4.79 Å². The van der Waals surface area contributed by atoms with E-state index in [-0.39, 0.29) is 5.57 Å². The molecule has 0 saturated carbocycles. The van der Waals surface area contributed by atoms with Crippen molar-refractivity contribution in [1.82, 2.24) is 0 Å². The van der Waals surface area contributed by atoms with Crippen LogP contribution >= 0.6 is 43.5 Å². The van der Waals surface area contributed by atoms with Crippen molar-refractivity contribution in [3.63, 3.8) is 0 Å². The molecule has 1 N–H and O–H groups in total. The first-order valence-electron chi connectivity index (χ1n) is 9.92. The summed E-state index contributed by atoms with van der Waals surface area (Å²) in [4.78, 5) is 12.6. The lowest BCUT2D eigenvalue weighted by atomic mass is 10.1. The summed E-state index contributed by atoms with van der Waals surface area (Å²) in [5.74, 6) is 0.530. The molecule has 0 bridgehead atoms. The van der Waals surface area contributed by atoms with Gasteiger partial charge >= 0.3 is 0 Å². The average molecular weight is 591 g/mol. The molecular weight excluding hydrogens is 572 g/mol. The van der Waals surface area contributed by atoms with Crippen LogP contribution in [0.25, 0.3) is 6.08 Å². The average Bonchev–Trinajstić information content (AvgIpc) is 2.79. The van der Waals surface area contributed by atoms with Crippen LogP contribution in [-0.2, 0) is 11.4 Å². The van der Waals surface area contributed by atoms with Crippen LogP contribution in [0.15, 0.2) is 75.2 Å². The fourth-order valence-corrected chi connectivity index (χ4v) is 3.82. The number of nitrogens with one attached hydrogen (secondary N) is 1. The van der Waals surface area contributed by atoms with E-state index in [0.717, 1.165) is 10.0 Å². The Bertz CT molecular complexity index is 1220. The molecule has 0 aliphatic rings. The van der Waals surface area contributed by atoms with Crippen LogP contribution in [0.5, 0.6) is 11.5 Å². The molecular formula is C25H19Br2ClN2O3.